The van der Waals surface area contributed by atoms with Crippen LogP contribution in [-0.2, 0) is 17.9 Å². The summed E-state index contributed by atoms with van der Waals surface area (Å²) in [5, 5.41) is 21.6. The van der Waals surface area contributed by atoms with Gasteiger partial charge in [-0.25, -0.2) is 4.39 Å². The number of aromatic nitrogens is 4. The second kappa shape index (κ2) is 8.48. The van der Waals surface area contributed by atoms with Crippen LogP contribution >= 0.6 is 27.5 Å². The molecule has 0 atom stereocenters. The molecule has 0 saturated carbocycles. The Morgan fingerprint density at radius 3 is 2.82 bits per heavy atom. The second-order valence-electron chi connectivity index (χ2n) is 5.74. The molecule has 0 spiro atoms. The Morgan fingerprint density at radius 1 is 1.36 bits per heavy atom. The van der Waals surface area contributed by atoms with Gasteiger partial charge in [-0.3, -0.25) is 24.3 Å². The van der Waals surface area contributed by atoms with Gasteiger partial charge in [-0.1, -0.05) is 17.7 Å². The van der Waals surface area contributed by atoms with Crippen molar-refractivity contribution in [3.05, 3.63) is 67.8 Å². The number of rotatable bonds is 7. The number of amides is 1. The van der Waals surface area contributed by atoms with Crippen LogP contribution in [0.1, 0.15) is 12.0 Å². The summed E-state index contributed by atoms with van der Waals surface area (Å²) < 4.78 is 17.2. The predicted molar refractivity (Wildman–Crippen MR) is 103 cm³/mol. The van der Waals surface area contributed by atoms with Crippen molar-refractivity contribution in [2.75, 3.05) is 5.32 Å². The van der Waals surface area contributed by atoms with E-state index in [0.29, 0.717) is 4.47 Å². The number of carbonyl (C=O) groups is 1. The first kappa shape index (κ1) is 20.0. The number of halogens is 3. The minimum atomic E-state index is -0.560. The van der Waals surface area contributed by atoms with E-state index >= 15 is 0 Å². The van der Waals surface area contributed by atoms with Gasteiger partial charge in [0, 0.05) is 29.7 Å². The smallest absolute Gasteiger partial charge is 0.306 e. The minimum absolute atomic E-state index is 0.0390. The lowest BCUT2D eigenvalue weighted by Crippen LogP contribution is -2.15. The lowest BCUT2D eigenvalue weighted by Gasteiger charge is -2.06. The number of nitrogens with one attached hydrogen (secondary N) is 1. The Kier molecular flexibility index (Phi) is 6.05. The van der Waals surface area contributed by atoms with Crippen molar-refractivity contribution in [3.63, 3.8) is 0 Å². The van der Waals surface area contributed by atoms with E-state index in [1.54, 1.807) is 12.3 Å². The Hall–Kier alpha value is -2.79. The van der Waals surface area contributed by atoms with Crippen molar-refractivity contribution in [3.8, 4) is 0 Å². The number of carbonyl (C=O) groups excluding carboxylic acids is 1. The number of nitrogens with zero attached hydrogens (tertiary/aromatic N) is 5. The molecule has 12 heteroatoms. The largest absolute Gasteiger partial charge is 0.308 e. The van der Waals surface area contributed by atoms with Gasteiger partial charge in [0.25, 0.3) is 0 Å². The molecule has 0 saturated heterocycles. The molecule has 0 radical (unpaired) electrons. The van der Waals surface area contributed by atoms with Gasteiger partial charge in [-0.15, -0.1) is 0 Å². The van der Waals surface area contributed by atoms with Crippen LogP contribution in [0.4, 0.5) is 15.9 Å². The van der Waals surface area contributed by atoms with Gasteiger partial charge in [-0.2, -0.15) is 10.2 Å². The molecule has 3 rings (SSSR count). The lowest BCUT2D eigenvalue weighted by atomic mass is 10.2. The van der Waals surface area contributed by atoms with Crippen LogP contribution < -0.4 is 5.32 Å². The Balaban J connectivity index is 1.61. The third kappa shape index (κ3) is 4.73. The standard InChI is InChI=1S/C16H13BrClFN6O3/c17-12-9-24(8-11-13(18)2-1-3-14(11)19)22-16(12)21-15(26)4-5-23-7-10(6-20-23)25(27)28/h1-3,6-7,9H,4-5,8H2,(H,21,22,26). The van der Waals surface area contributed by atoms with Crippen LogP contribution in [0.5, 0.6) is 0 Å². The van der Waals surface area contributed by atoms with E-state index in [9.17, 15) is 19.3 Å². The monoisotopic (exact) mass is 470 g/mol. The van der Waals surface area contributed by atoms with E-state index in [1.165, 1.54) is 27.7 Å². The van der Waals surface area contributed by atoms with Crippen molar-refractivity contribution >= 4 is 44.9 Å². The first-order valence-electron chi connectivity index (χ1n) is 7.96. The maximum Gasteiger partial charge on any atom is 0.306 e. The molecule has 0 aliphatic heterocycles. The van der Waals surface area contributed by atoms with Crippen LogP contribution in [-0.4, -0.2) is 30.4 Å². The molecule has 2 aromatic heterocycles. The van der Waals surface area contributed by atoms with Gasteiger partial charge in [0.2, 0.25) is 5.91 Å². The normalized spacial score (nSPS) is 10.8. The van der Waals surface area contributed by atoms with Crippen LogP contribution in [0.25, 0.3) is 0 Å². The quantitative estimate of drug-likeness (QED) is 0.418. The Morgan fingerprint density at radius 2 is 2.14 bits per heavy atom. The fourth-order valence-corrected chi connectivity index (χ4v) is 3.03. The fourth-order valence-electron chi connectivity index (χ4n) is 2.39. The Labute approximate surface area is 171 Å². The van der Waals surface area contributed by atoms with Crippen LogP contribution in [0.15, 0.2) is 41.3 Å². The molecule has 28 heavy (non-hydrogen) atoms. The average Bonchev–Trinajstić information content (AvgIpc) is 3.24. The summed E-state index contributed by atoms with van der Waals surface area (Å²) in [5.74, 6) is -0.532. The van der Waals surface area contributed by atoms with Crippen molar-refractivity contribution in [1.29, 1.82) is 0 Å². The van der Waals surface area contributed by atoms with Gasteiger partial charge in [-0.05, 0) is 28.1 Å². The van der Waals surface area contributed by atoms with Crippen LogP contribution in [0, 0.1) is 15.9 Å². The zero-order chi connectivity index (χ0) is 20.3. The third-order valence-electron chi connectivity index (χ3n) is 3.76. The van der Waals surface area contributed by atoms with E-state index in [4.69, 9.17) is 11.6 Å². The molecule has 1 amide bonds. The molecule has 0 aliphatic carbocycles. The van der Waals surface area contributed by atoms with E-state index < -0.39 is 10.7 Å². The third-order valence-corrected chi connectivity index (χ3v) is 4.69. The lowest BCUT2D eigenvalue weighted by molar-refractivity contribution is -0.385. The summed E-state index contributed by atoms with van der Waals surface area (Å²) in [6, 6.07) is 4.41. The molecule has 2 heterocycles. The topological polar surface area (TPSA) is 108 Å². The van der Waals surface area contributed by atoms with Gasteiger partial charge in [0.1, 0.15) is 18.2 Å². The first-order chi connectivity index (χ1) is 13.3. The van der Waals surface area contributed by atoms with Gasteiger partial charge >= 0.3 is 5.69 Å². The number of anilines is 1. The average molecular weight is 472 g/mol. The molecular formula is C16H13BrClFN6O3. The van der Waals surface area contributed by atoms with Gasteiger partial charge in [0.15, 0.2) is 5.82 Å². The number of nitro groups is 1. The summed E-state index contributed by atoms with van der Waals surface area (Å²) >= 11 is 9.31. The summed E-state index contributed by atoms with van der Waals surface area (Å²) in [6.45, 7) is 0.264. The van der Waals surface area contributed by atoms with E-state index in [2.05, 4.69) is 31.4 Å². The Bertz CT molecular complexity index is 1020. The summed E-state index contributed by atoms with van der Waals surface area (Å²) in [7, 11) is 0. The molecule has 0 unspecified atom stereocenters. The van der Waals surface area contributed by atoms with Crippen LogP contribution in [0.2, 0.25) is 5.02 Å². The fraction of sp³-hybridized carbons (Fsp3) is 0.188. The number of benzene rings is 1. The SMILES string of the molecule is O=C(CCn1cc([N+](=O)[O-])cn1)Nc1nn(Cc2c(F)cccc2Cl)cc1Br. The molecule has 146 valence electrons. The van der Waals surface area contributed by atoms with Gasteiger partial charge in [0.05, 0.1) is 15.9 Å². The highest BCUT2D eigenvalue weighted by Crippen LogP contribution is 2.24. The number of aryl methyl sites for hydroxylation is 1. The second-order valence-corrected chi connectivity index (χ2v) is 7.00. The molecule has 0 aliphatic rings. The summed E-state index contributed by atoms with van der Waals surface area (Å²) in [6.07, 6.45) is 3.99. The van der Waals surface area contributed by atoms with E-state index in [-0.39, 0.29) is 47.5 Å². The zero-order valence-electron chi connectivity index (χ0n) is 14.2. The number of hydrogen-bond donors (Lipinski definition) is 1. The molecular weight excluding hydrogens is 459 g/mol. The molecule has 9 nitrogen and oxygen atoms in total. The molecule has 3 aromatic rings. The molecule has 0 fully saturated rings. The molecule has 0 bridgehead atoms. The maximum atomic E-state index is 13.9. The van der Waals surface area contributed by atoms with E-state index in [0.717, 1.165) is 6.20 Å². The molecule has 1 aromatic carbocycles. The highest BCUT2D eigenvalue weighted by Gasteiger charge is 2.14. The van der Waals surface area contributed by atoms with Crippen molar-refractivity contribution < 1.29 is 14.1 Å². The highest BCUT2D eigenvalue weighted by atomic mass is 79.9. The van der Waals surface area contributed by atoms with E-state index in [1.807, 2.05) is 0 Å². The van der Waals surface area contributed by atoms with Crippen molar-refractivity contribution in [2.45, 2.75) is 19.5 Å². The predicted octanol–water partition coefficient (Wildman–Crippen LogP) is 3.62. The molecule has 1 N–H and O–H groups in total. The van der Waals surface area contributed by atoms with Crippen molar-refractivity contribution in [1.82, 2.24) is 19.6 Å². The summed E-state index contributed by atoms with van der Waals surface area (Å²) in [5.41, 5.74) is 0.144. The zero-order valence-corrected chi connectivity index (χ0v) is 16.5. The first-order valence-corrected chi connectivity index (χ1v) is 9.13. The minimum Gasteiger partial charge on any atom is -0.308 e. The number of hydrogen-bond acceptors (Lipinski definition) is 5. The highest BCUT2D eigenvalue weighted by molar-refractivity contribution is 9.10. The summed E-state index contributed by atoms with van der Waals surface area (Å²) in [4.78, 5) is 22.2. The maximum absolute atomic E-state index is 13.9. The van der Waals surface area contributed by atoms with Crippen molar-refractivity contribution in [2.24, 2.45) is 0 Å². The van der Waals surface area contributed by atoms with Gasteiger partial charge < -0.3 is 5.32 Å². The van der Waals surface area contributed by atoms with Crippen LogP contribution in [0.3, 0.4) is 0 Å².